The van der Waals surface area contributed by atoms with Crippen molar-refractivity contribution in [1.82, 2.24) is 15.2 Å². The second-order valence-corrected chi connectivity index (χ2v) is 5.70. The average molecular weight is 338 g/mol. The number of Topliss-reactive ketones (excluding diaryl/α,β-unsaturated/α-hetero) is 1. The summed E-state index contributed by atoms with van der Waals surface area (Å²) in [6.45, 7) is 0. The zero-order valence-electron chi connectivity index (χ0n) is 13.8. The van der Waals surface area contributed by atoms with Gasteiger partial charge < -0.3 is 4.74 Å². The molecule has 1 aromatic carbocycles. The summed E-state index contributed by atoms with van der Waals surface area (Å²) < 4.78 is 4.55. The molecule has 1 aromatic heterocycles. The van der Waals surface area contributed by atoms with Crippen LogP contribution in [0.25, 0.3) is 6.08 Å². The summed E-state index contributed by atoms with van der Waals surface area (Å²) in [5, 5.41) is 6.27. The first kappa shape index (κ1) is 16.8. The van der Waals surface area contributed by atoms with Gasteiger partial charge in [-0.3, -0.25) is 9.89 Å². The van der Waals surface area contributed by atoms with Crippen LogP contribution in [-0.4, -0.2) is 40.3 Å². The van der Waals surface area contributed by atoms with Crippen molar-refractivity contribution >= 4 is 30.0 Å². The smallest absolute Gasteiger partial charge is 0.375 e. The molecule has 2 aromatic rings. The van der Waals surface area contributed by atoms with Crippen molar-refractivity contribution in [3.8, 4) is 0 Å². The molecule has 1 saturated carbocycles. The predicted octanol–water partition coefficient (Wildman–Crippen LogP) is 2.75. The Morgan fingerprint density at radius 1 is 1.36 bits per heavy atom. The Labute approximate surface area is 144 Å². The van der Waals surface area contributed by atoms with Gasteiger partial charge in [0.15, 0.2) is 5.78 Å². The number of aromatic amines is 1. The molecule has 1 fully saturated rings. The maximum Gasteiger partial charge on any atom is 0.375 e. The highest BCUT2D eigenvalue weighted by Crippen LogP contribution is 2.26. The molecule has 0 bridgehead atoms. The molecule has 1 aliphatic rings. The topological polar surface area (TPSA) is 97.3 Å². The molecular weight excluding hydrogens is 320 g/mol. The van der Waals surface area contributed by atoms with Crippen LogP contribution in [0.5, 0.6) is 0 Å². The van der Waals surface area contributed by atoms with E-state index in [2.05, 4.69) is 24.9 Å². The Hall–Kier alpha value is -3.09. The number of ketones is 1. The fraction of sp³-hybridized carbons (Fsp3) is 0.278. The van der Waals surface area contributed by atoms with E-state index in [0.717, 1.165) is 30.4 Å². The fourth-order valence-electron chi connectivity index (χ4n) is 2.70. The maximum absolute atomic E-state index is 12.6. The number of carbonyl (C=O) groups is 2. The minimum absolute atomic E-state index is 0.0192. The zero-order chi connectivity index (χ0) is 17.6. The first-order valence-corrected chi connectivity index (χ1v) is 8.02. The summed E-state index contributed by atoms with van der Waals surface area (Å²) in [5.41, 5.74) is 1.82. The highest BCUT2D eigenvalue weighted by Gasteiger charge is 2.25. The number of allylic oxidation sites excluding steroid dienone is 1. The number of nitrogens with zero attached hydrogens (tertiary/aromatic N) is 3. The van der Waals surface area contributed by atoms with E-state index in [1.165, 1.54) is 7.11 Å². The lowest BCUT2D eigenvalue weighted by Crippen LogP contribution is -2.22. The van der Waals surface area contributed by atoms with Gasteiger partial charge in [0.05, 0.1) is 13.0 Å². The van der Waals surface area contributed by atoms with Gasteiger partial charge in [-0.05, 0) is 36.5 Å². The lowest BCUT2D eigenvalue weighted by atomic mass is 9.84. The highest BCUT2D eigenvalue weighted by atomic mass is 16.5. The molecule has 0 aliphatic heterocycles. The summed E-state index contributed by atoms with van der Waals surface area (Å²) in [4.78, 5) is 32.0. The van der Waals surface area contributed by atoms with Crippen LogP contribution >= 0.6 is 0 Å². The number of aliphatic imine (C=N–C) groups is 1. The SMILES string of the molecule is COC(=O)c1nc(N=C[C@H]2CCCC(=Cc3ccccc3)C2=O)n[nH]1. The minimum atomic E-state index is -0.615. The molecule has 1 atom stereocenters. The number of ether oxygens (including phenoxy) is 1. The number of carbonyl (C=O) groups excluding carboxylic acids is 2. The number of methoxy groups -OCH3 is 1. The van der Waals surface area contributed by atoms with E-state index in [9.17, 15) is 9.59 Å². The van der Waals surface area contributed by atoms with Crippen molar-refractivity contribution in [2.45, 2.75) is 19.3 Å². The van der Waals surface area contributed by atoms with Gasteiger partial charge in [0.25, 0.3) is 5.95 Å². The zero-order valence-corrected chi connectivity index (χ0v) is 13.8. The predicted molar refractivity (Wildman–Crippen MR) is 92.6 cm³/mol. The minimum Gasteiger partial charge on any atom is -0.463 e. The van der Waals surface area contributed by atoms with Crippen molar-refractivity contribution < 1.29 is 14.3 Å². The first-order valence-electron chi connectivity index (χ1n) is 8.02. The fourth-order valence-corrected chi connectivity index (χ4v) is 2.70. The molecule has 0 saturated heterocycles. The van der Waals surface area contributed by atoms with Crippen molar-refractivity contribution in [2.24, 2.45) is 10.9 Å². The molecule has 0 radical (unpaired) electrons. The van der Waals surface area contributed by atoms with E-state index < -0.39 is 5.97 Å². The number of benzene rings is 1. The Morgan fingerprint density at radius 3 is 2.92 bits per heavy atom. The highest BCUT2D eigenvalue weighted by molar-refractivity contribution is 6.09. The van der Waals surface area contributed by atoms with Gasteiger partial charge in [-0.15, -0.1) is 5.10 Å². The molecule has 25 heavy (non-hydrogen) atoms. The summed E-state index contributed by atoms with van der Waals surface area (Å²) in [5.74, 6) is -0.760. The summed E-state index contributed by atoms with van der Waals surface area (Å²) in [6, 6.07) is 9.78. The summed E-state index contributed by atoms with van der Waals surface area (Å²) >= 11 is 0. The molecule has 0 amide bonds. The number of hydrogen-bond donors (Lipinski definition) is 1. The Kier molecular flexibility index (Phi) is 5.13. The Balaban J connectivity index is 1.72. The number of nitrogens with one attached hydrogen (secondary N) is 1. The van der Waals surface area contributed by atoms with Gasteiger partial charge >= 0.3 is 5.97 Å². The summed E-state index contributed by atoms with van der Waals surface area (Å²) in [6.07, 6.45) is 5.92. The van der Waals surface area contributed by atoms with Gasteiger partial charge in [0.2, 0.25) is 5.82 Å². The average Bonchev–Trinajstić information content (AvgIpc) is 3.12. The Bertz CT molecular complexity index is 824. The number of rotatable bonds is 4. The van der Waals surface area contributed by atoms with Gasteiger partial charge in [-0.25, -0.2) is 9.79 Å². The number of aromatic nitrogens is 3. The second-order valence-electron chi connectivity index (χ2n) is 5.70. The Morgan fingerprint density at radius 2 is 2.16 bits per heavy atom. The molecule has 1 heterocycles. The molecule has 7 nitrogen and oxygen atoms in total. The van der Waals surface area contributed by atoms with Crippen LogP contribution in [0.2, 0.25) is 0 Å². The van der Waals surface area contributed by atoms with Gasteiger partial charge in [0.1, 0.15) is 0 Å². The lowest BCUT2D eigenvalue weighted by molar-refractivity contribution is -0.118. The van der Waals surface area contributed by atoms with Crippen LogP contribution in [0, 0.1) is 5.92 Å². The van der Waals surface area contributed by atoms with Crippen LogP contribution in [0.1, 0.15) is 35.4 Å². The largest absolute Gasteiger partial charge is 0.463 e. The van der Waals surface area contributed by atoms with Crippen LogP contribution in [-0.2, 0) is 9.53 Å². The van der Waals surface area contributed by atoms with Crippen molar-refractivity contribution in [1.29, 1.82) is 0 Å². The van der Waals surface area contributed by atoms with E-state index in [4.69, 9.17) is 0 Å². The molecule has 7 heteroatoms. The lowest BCUT2D eigenvalue weighted by Gasteiger charge is -2.19. The van der Waals surface area contributed by atoms with E-state index in [0.29, 0.717) is 0 Å². The standard InChI is InChI=1S/C18H18N4O3/c1-25-17(24)16-20-18(22-21-16)19-11-14-9-5-8-13(15(14)23)10-12-6-3-2-4-7-12/h2-4,6-7,10-11,14H,5,8-9H2,1H3,(H,20,21,22)/t14-/m1/s1. The summed E-state index contributed by atoms with van der Waals surface area (Å²) in [7, 11) is 1.26. The number of H-pyrrole nitrogens is 1. The quantitative estimate of drug-likeness (QED) is 0.525. The van der Waals surface area contributed by atoms with Crippen LogP contribution in [0.4, 0.5) is 5.95 Å². The molecule has 1 aliphatic carbocycles. The van der Waals surface area contributed by atoms with E-state index >= 15 is 0 Å². The van der Waals surface area contributed by atoms with Gasteiger partial charge in [0, 0.05) is 6.21 Å². The van der Waals surface area contributed by atoms with Crippen molar-refractivity contribution in [3.63, 3.8) is 0 Å². The van der Waals surface area contributed by atoms with E-state index in [1.54, 1.807) is 6.21 Å². The van der Waals surface area contributed by atoms with Crippen molar-refractivity contribution in [2.75, 3.05) is 7.11 Å². The molecular formula is C18H18N4O3. The molecule has 0 unspecified atom stereocenters. The third kappa shape index (κ3) is 4.06. The maximum atomic E-state index is 12.6. The number of hydrogen-bond acceptors (Lipinski definition) is 6. The third-order valence-corrected chi connectivity index (χ3v) is 3.98. The number of esters is 1. The molecule has 0 spiro atoms. The van der Waals surface area contributed by atoms with Crippen LogP contribution < -0.4 is 0 Å². The third-order valence-electron chi connectivity index (χ3n) is 3.98. The molecule has 3 rings (SSSR count). The van der Waals surface area contributed by atoms with Gasteiger partial charge in [-0.2, -0.15) is 4.98 Å². The van der Waals surface area contributed by atoms with E-state index in [-0.39, 0.29) is 23.5 Å². The van der Waals surface area contributed by atoms with Crippen LogP contribution in [0.3, 0.4) is 0 Å². The van der Waals surface area contributed by atoms with E-state index in [1.807, 2.05) is 36.4 Å². The van der Waals surface area contributed by atoms with Crippen molar-refractivity contribution in [3.05, 3.63) is 47.3 Å². The molecule has 128 valence electrons. The first-order chi connectivity index (χ1) is 12.2. The molecule has 1 N–H and O–H groups in total. The second kappa shape index (κ2) is 7.65. The van der Waals surface area contributed by atoms with Crippen LogP contribution in [0.15, 0.2) is 40.9 Å². The normalized spacial score (nSPS) is 19.5. The monoisotopic (exact) mass is 338 g/mol. The van der Waals surface area contributed by atoms with Gasteiger partial charge in [-0.1, -0.05) is 30.3 Å².